The molecule has 0 aliphatic carbocycles. The molecule has 0 aromatic heterocycles. The van der Waals surface area contributed by atoms with Gasteiger partial charge in [-0.05, 0) is 23.4 Å². The number of nitroso groups, excluding NO2 is 1. The van der Waals surface area contributed by atoms with Gasteiger partial charge in [-0.1, -0.05) is 5.16 Å². The van der Waals surface area contributed by atoms with Gasteiger partial charge in [0.2, 0.25) is 0 Å². The highest BCUT2D eigenvalue weighted by molar-refractivity contribution is 5.84. The van der Waals surface area contributed by atoms with Crippen LogP contribution < -0.4 is 0 Å². The Morgan fingerprint density at radius 2 is 2.17 bits per heavy atom. The zero-order chi connectivity index (χ0) is 8.97. The first-order valence-electron chi connectivity index (χ1n) is 3.11. The molecule has 0 atom stereocenters. The molecule has 0 amide bonds. The molecular formula is C7H6N2O3. The highest BCUT2D eigenvalue weighted by Crippen LogP contribution is 2.21. The van der Waals surface area contributed by atoms with Crippen molar-refractivity contribution in [1.82, 2.24) is 0 Å². The van der Waals surface area contributed by atoms with Crippen molar-refractivity contribution in [3.8, 4) is 5.75 Å². The van der Waals surface area contributed by atoms with Crippen LogP contribution in [0.4, 0.5) is 5.69 Å². The second kappa shape index (κ2) is 3.47. The summed E-state index contributed by atoms with van der Waals surface area (Å²) in [7, 11) is 0. The molecule has 0 saturated heterocycles. The Labute approximate surface area is 67.9 Å². The fourth-order valence-electron chi connectivity index (χ4n) is 0.764. The zero-order valence-electron chi connectivity index (χ0n) is 6.01. The smallest absolute Gasteiger partial charge is 0.124 e. The molecule has 1 rings (SSSR count). The second-order valence-electron chi connectivity index (χ2n) is 2.08. The van der Waals surface area contributed by atoms with Crippen LogP contribution in [0.1, 0.15) is 5.56 Å². The van der Waals surface area contributed by atoms with Gasteiger partial charge in [-0.15, -0.1) is 4.91 Å². The minimum absolute atomic E-state index is 0.0693. The number of hydrogen-bond acceptors (Lipinski definition) is 5. The van der Waals surface area contributed by atoms with Gasteiger partial charge in [0, 0.05) is 5.56 Å². The molecule has 2 N–H and O–H groups in total. The quantitative estimate of drug-likeness (QED) is 0.303. The number of phenolic OH excluding ortho intramolecular Hbond substituents is 1. The Morgan fingerprint density at radius 1 is 1.42 bits per heavy atom. The van der Waals surface area contributed by atoms with Gasteiger partial charge < -0.3 is 10.3 Å². The van der Waals surface area contributed by atoms with E-state index >= 15 is 0 Å². The predicted octanol–water partition coefficient (Wildman–Crippen LogP) is 1.60. The van der Waals surface area contributed by atoms with Gasteiger partial charge in [0.1, 0.15) is 11.4 Å². The Kier molecular flexibility index (Phi) is 2.37. The molecule has 0 bridgehead atoms. The van der Waals surface area contributed by atoms with E-state index in [9.17, 15) is 4.91 Å². The molecule has 0 saturated carbocycles. The summed E-state index contributed by atoms with van der Waals surface area (Å²) in [6.07, 6.45) is 1.02. The molecule has 0 aliphatic rings. The van der Waals surface area contributed by atoms with E-state index in [4.69, 9.17) is 10.3 Å². The minimum atomic E-state index is -0.0693. The lowest BCUT2D eigenvalue weighted by molar-refractivity contribution is 0.321. The SMILES string of the molecule is O=Nc1ccc(O)c(/C=N\O)c1. The number of aromatic hydroxyl groups is 1. The largest absolute Gasteiger partial charge is 0.507 e. The van der Waals surface area contributed by atoms with Crippen LogP contribution in [0, 0.1) is 4.91 Å². The summed E-state index contributed by atoms with van der Waals surface area (Å²) in [4.78, 5) is 10.0. The predicted molar refractivity (Wildman–Crippen MR) is 42.9 cm³/mol. The van der Waals surface area contributed by atoms with E-state index in [1.54, 1.807) is 0 Å². The molecule has 5 nitrogen and oxygen atoms in total. The maximum absolute atomic E-state index is 10.0. The van der Waals surface area contributed by atoms with Crippen molar-refractivity contribution < 1.29 is 10.3 Å². The van der Waals surface area contributed by atoms with Gasteiger partial charge in [0.05, 0.1) is 6.21 Å². The van der Waals surface area contributed by atoms with E-state index in [0.717, 1.165) is 6.21 Å². The lowest BCUT2D eigenvalue weighted by Crippen LogP contribution is -1.81. The zero-order valence-corrected chi connectivity index (χ0v) is 6.01. The summed E-state index contributed by atoms with van der Waals surface area (Å²) in [6.45, 7) is 0. The third kappa shape index (κ3) is 1.57. The van der Waals surface area contributed by atoms with Crippen molar-refractivity contribution in [3.63, 3.8) is 0 Å². The van der Waals surface area contributed by atoms with E-state index < -0.39 is 0 Å². The molecule has 0 radical (unpaired) electrons. The highest BCUT2D eigenvalue weighted by Gasteiger charge is 1.99. The molecule has 0 unspecified atom stereocenters. The van der Waals surface area contributed by atoms with Crippen molar-refractivity contribution in [1.29, 1.82) is 0 Å². The van der Waals surface area contributed by atoms with Crippen molar-refractivity contribution in [2.45, 2.75) is 0 Å². The third-order valence-electron chi connectivity index (χ3n) is 1.31. The van der Waals surface area contributed by atoms with Crippen molar-refractivity contribution in [2.24, 2.45) is 10.3 Å². The van der Waals surface area contributed by atoms with E-state index in [2.05, 4.69) is 10.3 Å². The topological polar surface area (TPSA) is 82.2 Å². The fraction of sp³-hybridized carbons (Fsp3) is 0. The number of phenols is 1. The molecule has 0 heterocycles. The van der Waals surface area contributed by atoms with Gasteiger partial charge in [-0.25, -0.2) is 0 Å². The van der Waals surface area contributed by atoms with Crippen LogP contribution in [-0.2, 0) is 0 Å². The Balaban J connectivity index is 3.16. The Morgan fingerprint density at radius 3 is 2.75 bits per heavy atom. The number of nitrogens with zero attached hydrogens (tertiary/aromatic N) is 2. The molecule has 0 aliphatic heterocycles. The van der Waals surface area contributed by atoms with Gasteiger partial charge in [0.25, 0.3) is 0 Å². The summed E-state index contributed by atoms with van der Waals surface area (Å²) < 4.78 is 0. The summed E-state index contributed by atoms with van der Waals surface area (Å²) in [5, 5.41) is 22.6. The molecular weight excluding hydrogens is 160 g/mol. The number of rotatable bonds is 2. The average Bonchev–Trinajstić information content (AvgIpc) is 2.09. The summed E-state index contributed by atoms with van der Waals surface area (Å²) >= 11 is 0. The number of benzene rings is 1. The summed E-state index contributed by atoms with van der Waals surface area (Å²) in [5.74, 6) is -0.0693. The molecule has 5 heteroatoms. The van der Waals surface area contributed by atoms with E-state index in [-0.39, 0.29) is 17.0 Å². The van der Waals surface area contributed by atoms with Crippen LogP contribution in [0.25, 0.3) is 0 Å². The molecule has 0 spiro atoms. The normalized spacial score (nSPS) is 10.3. The standard InChI is InChI=1S/C7H6N2O3/c10-7-2-1-6(9-12)3-5(7)4-8-11/h1-4,10-11H/b8-4-. The molecule has 0 fully saturated rings. The van der Waals surface area contributed by atoms with Crippen LogP contribution in [0.2, 0.25) is 0 Å². The van der Waals surface area contributed by atoms with Crippen molar-refractivity contribution >= 4 is 11.9 Å². The number of hydrogen-bond donors (Lipinski definition) is 2. The van der Waals surface area contributed by atoms with Gasteiger partial charge >= 0.3 is 0 Å². The third-order valence-corrected chi connectivity index (χ3v) is 1.31. The summed E-state index contributed by atoms with van der Waals surface area (Å²) in [6, 6.07) is 3.97. The maximum atomic E-state index is 10.0. The van der Waals surface area contributed by atoms with Crippen LogP contribution >= 0.6 is 0 Å². The van der Waals surface area contributed by atoms with Crippen LogP contribution in [0.5, 0.6) is 5.75 Å². The van der Waals surface area contributed by atoms with Gasteiger partial charge in [0.15, 0.2) is 0 Å². The lowest BCUT2D eigenvalue weighted by atomic mass is 10.2. The molecule has 12 heavy (non-hydrogen) atoms. The van der Waals surface area contributed by atoms with Gasteiger partial charge in [-0.3, -0.25) is 0 Å². The first kappa shape index (κ1) is 8.19. The number of oxime groups is 1. The second-order valence-corrected chi connectivity index (χ2v) is 2.08. The highest BCUT2D eigenvalue weighted by atomic mass is 16.4. The Hall–Kier alpha value is -1.91. The minimum Gasteiger partial charge on any atom is -0.507 e. The van der Waals surface area contributed by atoms with Crippen molar-refractivity contribution in [3.05, 3.63) is 28.7 Å². The van der Waals surface area contributed by atoms with E-state index in [1.165, 1.54) is 18.2 Å². The van der Waals surface area contributed by atoms with Crippen LogP contribution in [-0.4, -0.2) is 16.5 Å². The monoisotopic (exact) mass is 166 g/mol. The summed E-state index contributed by atoms with van der Waals surface area (Å²) in [5.41, 5.74) is 0.414. The van der Waals surface area contributed by atoms with E-state index in [0.29, 0.717) is 0 Å². The lowest BCUT2D eigenvalue weighted by Gasteiger charge is -1.96. The molecule has 62 valence electrons. The van der Waals surface area contributed by atoms with E-state index in [1.807, 2.05) is 0 Å². The van der Waals surface area contributed by atoms with Crippen LogP contribution in [0.15, 0.2) is 28.5 Å². The van der Waals surface area contributed by atoms with Gasteiger partial charge in [-0.2, -0.15) is 0 Å². The first-order chi connectivity index (χ1) is 5.77. The first-order valence-corrected chi connectivity index (χ1v) is 3.11. The molecule has 1 aromatic carbocycles. The Bertz CT molecular complexity index is 322. The maximum Gasteiger partial charge on any atom is 0.124 e. The van der Waals surface area contributed by atoms with Crippen molar-refractivity contribution in [2.75, 3.05) is 0 Å². The average molecular weight is 166 g/mol. The van der Waals surface area contributed by atoms with Crippen LogP contribution in [0.3, 0.4) is 0 Å². The molecule has 1 aromatic rings. The fourth-order valence-corrected chi connectivity index (χ4v) is 0.764.